The monoisotopic (exact) mass is 311 g/mol. The average molecular weight is 311 g/mol. The van der Waals surface area contributed by atoms with Crippen LogP contribution in [0, 0.1) is 18.6 Å². The molecule has 22 heavy (non-hydrogen) atoms. The molecule has 2 rings (SSSR count). The molecule has 1 aromatic heterocycles. The predicted octanol–water partition coefficient (Wildman–Crippen LogP) is 2.00. The molecule has 5 nitrogen and oxygen atoms in total. The number of benzene rings is 1. The van der Waals surface area contributed by atoms with E-state index in [-0.39, 0.29) is 24.5 Å². The minimum absolute atomic E-state index is 0.0945. The third-order valence-electron chi connectivity index (χ3n) is 3.48. The second kappa shape index (κ2) is 7.33. The van der Waals surface area contributed by atoms with Crippen molar-refractivity contribution in [3.63, 3.8) is 0 Å². The number of nitrogens with zero attached hydrogens (tertiary/aromatic N) is 2. The van der Waals surface area contributed by atoms with Gasteiger partial charge in [0.25, 0.3) is 0 Å². The van der Waals surface area contributed by atoms with E-state index in [4.69, 9.17) is 4.74 Å². The van der Waals surface area contributed by atoms with E-state index < -0.39 is 11.6 Å². The van der Waals surface area contributed by atoms with Crippen molar-refractivity contribution in [2.75, 3.05) is 20.3 Å². The van der Waals surface area contributed by atoms with E-state index >= 15 is 0 Å². The predicted molar refractivity (Wildman–Crippen MR) is 77.4 cm³/mol. The van der Waals surface area contributed by atoms with Gasteiger partial charge in [0.1, 0.15) is 5.75 Å². The minimum atomic E-state index is -0.930. The van der Waals surface area contributed by atoms with Gasteiger partial charge in [-0.3, -0.25) is 4.90 Å². The summed E-state index contributed by atoms with van der Waals surface area (Å²) in [7, 11) is 1.41. The van der Waals surface area contributed by atoms with E-state index in [1.807, 2.05) is 6.92 Å². The standard InChI is InChI=1S/C15H19F2N3O2/c1-10-13(19-9-18-10)8-20(5-6-21)7-11-14(22-2)4-3-12(16)15(11)17/h3-4,9,21H,5-8H2,1-2H3,(H,18,19). The fraction of sp³-hybridized carbons (Fsp3) is 0.400. The second-order valence-corrected chi connectivity index (χ2v) is 4.95. The Labute approximate surface area is 127 Å². The van der Waals surface area contributed by atoms with Crippen LogP contribution in [-0.2, 0) is 13.1 Å². The van der Waals surface area contributed by atoms with Gasteiger partial charge in [-0.05, 0) is 19.1 Å². The lowest BCUT2D eigenvalue weighted by atomic mass is 10.1. The molecule has 0 bridgehead atoms. The summed E-state index contributed by atoms with van der Waals surface area (Å²) in [4.78, 5) is 8.93. The van der Waals surface area contributed by atoms with E-state index in [0.29, 0.717) is 13.1 Å². The van der Waals surface area contributed by atoms with Gasteiger partial charge in [-0.1, -0.05) is 0 Å². The molecular weight excluding hydrogens is 292 g/mol. The van der Waals surface area contributed by atoms with Gasteiger partial charge in [-0.2, -0.15) is 0 Å². The molecule has 2 N–H and O–H groups in total. The highest BCUT2D eigenvalue weighted by Gasteiger charge is 2.18. The van der Waals surface area contributed by atoms with Gasteiger partial charge in [0, 0.05) is 30.9 Å². The number of hydrogen-bond acceptors (Lipinski definition) is 4. The smallest absolute Gasteiger partial charge is 0.167 e. The highest BCUT2D eigenvalue weighted by atomic mass is 19.2. The topological polar surface area (TPSA) is 61.4 Å². The molecule has 0 aliphatic rings. The zero-order valence-corrected chi connectivity index (χ0v) is 12.6. The van der Waals surface area contributed by atoms with Crippen molar-refractivity contribution in [1.82, 2.24) is 14.9 Å². The summed E-state index contributed by atoms with van der Waals surface area (Å²) in [5.74, 6) is -1.57. The van der Waals surface area contributed by atoms with E-state index in [2.05, 4.69) is 9.97 Å². The number of nitrogens with one attached hydrogen (secondary N) is 1. The van der Waals surface area contributed by atoms with Crippen LogP contribution >= 0.6 is 0 Å². The number of halogens is 2. The van der Waals surface area contributed by atoms with Crippen molar-refractivity contribution in [2.45, 2.75) is 20.0 Å². The van der Waals surface area contributed by atoms with Crippen molar-refractivity contribution in [3.8, 4) is 5.75 Å². The number of hydrogen-bond donors (Lipinski definition) is 2. The van der Waals surface area contributed by atoms with Crippen LogP contribution in [-0.4, -0.2) is 40.2 Å². The van der Waals surface area contributed by atoms with Crippen LogP contribution in [0.25, 0.3) is 0 Å². The molecule has 0 fully saturated rings. The van der Waals surface area contributed by atoms with Crippen LogP contribution in [0.4, 0.5) is 8.78 Å². The molecular formula is C15H19F2N3O2. The summed E-state index contributed by atoms with van der Waals surface area (Å²) >= 11 is 0. The van der Waals surface area contributed by atoms with E-state index in [9.17, 15) is 13.9 Å². The van der Waals surface area contributed by atoms with Gasteiger partial charge in [-0.15, -0.1) is 0 Å². The average Bonchev–Trinajstić information content (AvgIpc) is 2.89. The summed E-state index contributed by atoms with van der Waals surface area (Å²) in [6, 6.07) is 2.43. The quantitative estimate of drug-likeness (QED) is 0.821. The molecule has 0 amide bonds. The fourth-order valence-corrected chi connectivity index (χ4v) is 2.25. The molecule has 0 aliphatic carbocycles. The number of methoxy groups -OCH3 is 1. The van der Waals surface area contributed by atoms with Gasteiger partial charge in [-0.25, -0.2) is 13.8 Å². The van der Waals surface area contributed by atoms with Crippen LogP contribution in [0.5, 0.6) is 5.75 Å². The summed E-state index contributed by atoms with van der Waals surface area (Å²) in [6.45, 7) is 2.62. The van der Waals surface area contributed by atoms with Crippen molar-refractivity contribution in [1.29, 1.82) is 0 Å². The number of imidazole rings is 1. The van der Waals surface area contributed by atoms with Crippen molar-refractivity contribution < 1.29 is 18.6 Å². The lowest BCUT2D eigenvalue weighted by molar-refractivity contribution is 0.179. The molecule has 1 heterocycles. The SMILES string of the molecule is COc1ccc(F)c(F)c1CN(CCO)Cc1nc[nH]c1C. The van der Waals surface area contributed by atoms with Crippen LogP contribution < -0.4 is 4.74 Å². The number of H-pyrrole nitrogens is 1. The summed E-state index contributed by atoms with van der Waals surface area (Å²) < 4.78 is 32.6. The Hall–Kier alpha value is -1.99. The number of aromatic amines is 1. The maximum Gasteiger partial charge on any atom is 0.167 e. The van der Waals surface area contributed by atoms with E-state index in [1.54, 1.807) is 11.2 Å². The van der Waals surface area contributed by atoms with Gasteiger partial charge in [0.05, 0.1) is 25.7 Å². The molecule has 1 aromatic carbocycles. The Bertz CT molecular complexity index is 631. The molecule has 0 radical (unpaired) electrons. The highest BCUT2D eigenvalue weighted by molar-refractivity contribution is 5.35. The zero-order valence-electron chi connectivity index (χ0n) is 12.6. The van der Waals surface area contributed by atoms with Crippen LogP contribution in [0.1, 0.15) is 17.0 Å². The number of rotatable bonds is 7. The molecule has 0 spiro atoms. The number of aromatic nitrogens is 2. The highest BCUT2D eigenvalue weighted by Crippen LogP contribution is 2.25. The Kier molecular flexibility index (Phi) is 5.46. The Balaban J connectivity index is 2.24. The molecule has 0 atom stereocenters. The van der Waals surface area contributed by atoms with Crippen molar-refractivity contribution in [2.24, 2.45) is 0 Å². The van der Waals surface area contributed by atoms with E-state index in [0.717, 1.165) is 17.5 Å². The fourth-order valence-electron chi connectivity index (χ4n) is 2.25. The Morgan fingerprint density at radius 2 is 2.09 bits per heavy atom. The first-order chi connectivity index (χ1) is 10.6. The minimum Gasteiger partial charge on any atom is -0.496 e. The van der Waals surface area contributed by atoms with E-state index in [1.165, 1.54) is 13.2 Å². The molecule has 7 heteroatoms. The third-order valence-corrected chi connectivity index (χ3v) is 3.48. The third kappa shape index (κ3) is 3.61. The van der Waals surface area contributed by atoms with Crippen LogP contribution in [0.15, 0.2) is 18.5 Å². The van der Waals surface area contributed by atoms with Gasteiger partial charge >= 0.3 is 0 Å². The summed E-state index contributed by atoms with van der Waals surface area (Å²) in [5.41, 5.74) is 1.82. The number of ether oxygens (including phenoxy) is 1. The first-order valence-electron chi connectivity index (χ1n) is 6.89. The van der Waals surface area contributed by atoms with Crippen molar-refractivity contribution >= 4 is 0 Å². The van der Waals surface area contributed by atoms with Gasteiger partial charge in [0.2, 0.25) is 0 Å². The number of aliphatic hydroxyl groups is 1. The normalized spacial score (nSPS) is 11.2. The summed E-state index contributed by atoms with van der Waals surface area (Å²) in [6.07, 6.45) is 1.57. The molecule has 2 aromatic rings. The first kappa shape index (κ1) is 16.4. The first-order valence-corrected chi connectivity index (χ1v) is 6.89. The Morgan fingerprint density at radius 1 is 1.32 bits per heavy atom. The lowest BCUT2D eigenvalue weighted by Gasteiger charge is -2.22. The molecule has 0 saturated heterocycles. The molecule has 120 valence electrons. The maximum atomic E-state index is 14.0. The number of aliphatic hydroxyl groups excluding tert-OH is 1. The number of aryl methyl sites for hydroxylation is 1. The second-order valence-electron chi connectivity index (χ2n) is 4.95. The maximum absolute atomic E-state index is 14.0. The summed E-state index contributed by atoms with van der Waals surface area (Å²) in [5, 5.41) is 9.19. The molecule has 0 aliphatic heterocycles. The largest absolute Gasteiger partial charge is 0.496 e. The molecule has 0 saturated carbocycles. The van der Waals surface area contributed by atoms with Gasteiger partial charge in [0.15, 0.2) is 11.6 Å². The Morgan fingerprint density at radius 3 is 2.68 bits per heavy atom. The van der Waals surface area contributed by atoms with Crippen molar-refractivity contribution in [3.05, 3.63) is 47.0 Å². The molecule has 0 unspecified atom stereocenters. The lowest BCUT2D eigenvalue weighted by Crippen LogP contribution is -2.27. The van der Waals surface area contributed by atoms with Gasteiger partial charge < -0.3 is 14.8 Å². The zero-order chi connectivity index (χ0) is 16.1. The van der Waals surface area contributed by atoms with Crippen LogP contribution in [0.2, 0.25) is 0 Å². The van der Waals surface area contributed by atoms with Crippen LogP contribution in [0.3, 0.4) is 0 Å².